The molecular weight excluding hydrogens is 416 g/mol. The molecule has 144 valence electrons. The van der Waals surface area contributed by atoms with Crippen LogP contribution in [0.25, 0.3) is 0 Å². The first-order valence-corrected chi connectivity index (χ1v) is 9.40. The minimum Gasteiger partial charge on any atom is -0.464 e. The smallest absolute Gasteiger partial charge is 0.358 e. The predicted octanol–water partition coefficient (Wildman–Crippen LogP) is 5.40. The maximum absolute atomic E-state index is 15.3. The van der Waals surface area contributed by atoms with Crippen LogP contribution in [0.1, 0.15) is 47.6 Å². The van der Waals surface area contributed by atoms with E-state index in [-0.39, 0.29) is 39.6 Å². The van der Waals surface area contributed by atoms with Crippen LogP contribution in [-0.4, -0.2) is 29.6 Å². The lowest BCUT2D eigenvalue weighted by Crippen LogP contribution is -2.27. The average molecular weight is 433 g/mol. The normalized spacial score (nSPS) is 15.9. The lowest BCUT2D eigenvalue weighted by molar-refractivity contribution is 0.0593. The van der Waals surface area contributed by atoms with Gasteiger partial charge in [-0.25, -0.2) is 19.2 Å². The first kappa shape index (κ1) is 20.1. The van der Waals surface area contributed by atoms with Crippen LogP contribution in [-0.2, 0) is 10.4 Å². The SMILES string of the molecule is COC(=O)c1nc(C2CC2)nc(NCC(C)(F)c2ccc(Cl)cc2Cl)c1Cl. The summed E-state index contributed by atoms with van der Waals surface area (Å²) in [6.07, 6.45) is 1.87. The van der Waals surface area contributed by atoms with Crippen LogP contribution in [0.3, 0.4) is 0 Å². The number of esters is 1. The zero-order chi connectivity index (χ0) is 19.8. The molecule has 9 heteroatoms. The lowest BCUT2D eigenvalue weighted by atomic mass is 9.98. The van der Waals surface area contributed by atoms with Crippen molar-refractivity contribution >= 4 is 46.6 Å². The Morgan fingerprint density at radius 1 is 1.33 bits per heavy atom. The molecule has 0 bridgehead atoms. The number of carbonyl (C=O) groups excluding carboxylic acids is 1. The molecule has 1 N–H and O–H groups in total. The van der Waals surface area contributed by atoms with Gasteiger partial charge in [-0.2, -0.15) is 0 Å². The van der Waals surface area contributed by atoms with Gasteiger partial charge in [0.25, 0.3) is 0 Å². The van der Waals surface area contributed by atoms with E-state index in [0.29, 0.717) is 10.8 Å². The quantitative estimate of drug-likeness (QED) is 0.619. The zero-order valence-electron chi connectivity index (χ0n) is 14.7. The Labute approximate surface area is 171 Å². The van der Waals surface area contributed by atoms with Crippen molar-refractivity contribution in [1.29, 1.82) is 0 Å². The summed E-state index contributed by atoms with van der Waals surface area (Å²) in [7, 11) is 1.24. The topological polar surface area (TPSA) is 64.1 Å². The van der Waals surface area contributed by atoms with Gasteiger partial charge in [-0.15, -0.1) is 0 Å². The van der Waals surface area contributed by atoms with Crippen LogP contribution in [0.2, 0.25) is 15.1 Å². The highest BCUT2D eigenvalue weighted by Crippen LogP contribution is 2.40. The van der Waals surface area contributed by atoms with E-state index in [2.05, 4.69) is 15.3 Å². The number of benzene rings is 1. The first-order chi connectivity index (χ1) is 12.7. The summed E-state index contributed by atoms with van der Waals surface area (Å²) in [6.45, 7) is 1.21. The summed E-state index contributed by atoms with van der Waals surface area (Å²) in [5, 5.41) is 3.51. The lowest BCUT2D eigenvalue weighted by Gasteiger charge is -2.23. The molecule has 1 aliphatic rings. The Hall–Kier alpha value is -1.63. The Kier molecular flexibility index (Phi) is 5.79. The van der Waals surface area contributed by atoms with Gasteiger partial charge in [0.15, 0.2) is 11.4 Å². The van der Waals surface area contributed by atoms with Crippen LogP contribution < -0.4 is 5.32 Å². The molecular formula is C18H17Cl3FN3O2. The molecule has 1 atom stereocenters. The number of rotatable bonds is 6. The number of aromatic nitrogens is 2. The number of nitrogens with zero attached hydrogens (tertiary/aromatic N) is 2. The molecule has 1 unspecified atom stereocenters. The molecule has 3 rings (SSSR count). The Morgan fingerprint density at radius 2 is 2.04 bits per heavy atom. The number of carbonyl (C=O) groups is 1. The highest BCUT2D eigenvalue weighted by molar-refractivity contribution is 6.35. The molecule has 0 radical (unpaired) electrons. The Morgan fingerprint density at radius 3 is 2.63 bits per heavy atom. The summed E-state index contributed by atoms with van der Waals surface area (Å²) < 4.78 is 20.0. The molecule has 0 spiro atoms. The molecule has 0 saturated heterocycles. The Bertz CT molecular complexity index is 888. The highest BCUT2D eigenvalue weighted by Gasteiger charge is 2.32. The van der Waals surface area contributed by atoms with Gasteiger partial charge in [0, 0.05) is 21.5 Å². The van der Waals surface area contributed by atoms with Crippen LogP contribution in [0.5, 0.6) is 0 Å². The summed E-state index contributed by atoms with van der Waals surface area (Å²) >= 11 is 18.2. The van der Waals surface area contributed by atoms with E-state index < -0.39 is 11.6 Å². The minimum atomic E-state index is -1.83. The van der Waals surface area contributed by atoms with Crippen molar-refractivity contribution in [2.24, 2.45) is 0 Å². The van der Waals surface area contributed by atoms with Crippen molar-refractivity contribution in [1.82, 2.24) is 9.97 Å². The number of halogens is 4. The predicted molar refractivity (Wildman–Crippen MR) is 104 cm³/mol. The van der Waals surface area contributed by atoms with Crippen molar-refractivity contribution in [3.63, 3.8) is 0 Å². The molecule has 1 saturated carbocycles. The number of hydrogen-bond donors (Lipinski definition) is 1. The average Bonchev–Trinajstić information content (AvgIpc) is 3.45. The van der Waals surface area contributed by atoms with Crippen LogP contribution in [0.4, 0.5) is 10.2 Å². The number of alkyl halides is 1. The van der Waals surface area contributed by atoms with Crippen molar-refractivity contribution in [2.75, 3.05) is 19.0 Å². The van der Waals surface area contributed by atoms with Gasteiger partial charge in [0.1, 0.15) is 16.7 Å². The van der Waals surface area contributed by atoms with Crippen LogP contribution >= 0.6 is 34.8 Å². The summed E-state index contributed by atoms with van der Waals surface area (Å²) in [4.78, 5) is 20.5. The standard InChI is InChI=1S/C18H17Cl3FN3O2/c1-18(22,11-6-5-10(19)7-12(11)20)8-23-16-13(21)14(17(26)27-2)24-15(25-16)9-3-4-9/h5-7,9H,3-4,8H2,1-2H3,(H,23,24,25). The molecule has 1 aliphatic carbocycles. The van der Waals surface area contributed by atoms with Gasteiger partial charge in [0.2, 0.25) is 0 Å². The van der Waals surface area contributed by atoms with Gasteiger partial charge in [-0.1, -0.05) is 40.9 Å². The van der Waals surface area contributed by atoms with Gasteiger partial charge in [-0.3, -0.25) is 0 Å². The molecule has 2 aromatic rings. The summed E-state index contributed by atoms with van der Waals surface area (Å²) in [5.74, 6) is 0.181. The highest BCUT2D eigenvalue weighted by atomic mass is 35.5. The number of anilines is 1. The number of nitrogens with one attached hydrogen (secondary N) is 1. The van der Waals surface area contributed by atoms with Crippen LogP contribution in [0.15, 0.2) is 18.2 Å². The fourth-order valence-electron chi connectivity index (χ4n) is 2.59. The summed E-state index contributed by atoms with van der Waals surface area (Å²) in [6, 6.07) is 4.58. The van der Waals surface area contributed by atoms with Crippen molar-refractivity contribution in [2.45, 2.75) is 31.4 Å². The van der Waals surface area contributed by atoms with E-state index in [1.54, 1.807) is 6.07 Å². The van der Waals surface area contributed by atoms with E-state index in [1.165, 1.54) is 26.2 Å². The number of hydrogen-bond acceptors (Lipinski definition) is 5. The fraction of sp³-hybridized carbons (Fsp3) is 0.389. The molecule has 1 aromatic heterocycles. The molecule has 0 amide bonds. The largest absolute Gasteiger partial charge is 0.464 e. The first-order valence-electron chi connectivity index (χ1n) is 8.27. The van der Waals surface area contributed by atoms with Gasteiger partial charge in [0.05, 0.1) is 13.7 Å². The van der Waals surface area contributed by atoms with Crippen molar-refractivity contribution in [3.8, 4) is 0 Å². The maximum atomic E-state index is 15.3. The summed E-state index contributed by atoms with van der Waals surface area (Å²) in [5.41, 5.74) is -1.59. The molecule has 1 fully saturated rings. The van der Waals surface area contributed by atoms with E-state index >= 15 is 4.39 Å². The van der Waals surface area contributed by atoms with E-state index in [1.807, 2.05) is 0 Å². The molecule has 1 heterocycles. The van der Waals surface area contributed by atoms with Crippen molar-refractivity contribution in [3.05, 3.63) is 50.3 Å². The minimum absolute atomic E-state index is 0.00995. The second kappa shape index (κ2) is 7.78. The van der Waals surface area contributed by atoms with Gasteiger partial charge in [-0.05, 0) is 31.9 Å². The monoisotopic (exact) mass is 431 g/mol. The second-order valence-electron chi connectivity index (χ2n) is 6.53. The van der Waals surface area contributed by atoms with E-state index in [0.717, 1.165) is 12.8 Å². The molecule has 27 heavy (non-hydrogen) atoms. The van der Waals surface area contributed by atoms with Crippen LogP contribution in [0, 0.1) is 0 Å². The Balaban J connectivity index is 1.88. The third-order valence-corrected chi connectivity index (χ3v) is 5.18. The van der Waals surface area contributed by atoms with E-state index in [9.17, 15) is 4.79 Å². The maximum Gasteiger partial charge on any atom is 0.358 e. The number of methoxy groups -OCH3 is 1. The third kappa shape index (κ3) is 4.45. The van der Waals surface area contributed by atoms with E-state index in [4.69, 9.17) is 39.5 Å². The number of ether oxygens (including phenoxy) is 1. The fourth-order valence-corrected chi connectivity index (χ4v) is 3.43. The van der Waals surface area contributed by atoms with Crippen molar-refractivity contribution < 1.29 is 13.9 Å². The molecule has 0 aliphatic heterocycles. The van der Waals surface area contributed by atoms with Gasteiger partial charge >= 0.3 is 5.97 Å². The zero-order valence-corrected chi connectivity index (χ0v) is 16.9. The molecule has 1 aromatic carbocycles. The third-order valence-electron chi connectivity index (χ3n) is 4.27. The van der Waals surface area contributed by atoms with Gasteiger partial charge < -0.3 is 10.1 Å². The molecule has 5 nitrogen and oxygen atoms in total. The second-order valence-corrected chi connectivity index (χ2v) is 7.76.